The Kier molecular flexibility index (Phi) is 7.25. The van der Waals surface area contributed by atoms with Crippen LogP contribution in [0, 0.1) is 13.8 Å². The lowest BCUT2D eigenvalue weighted by Crippen LogP contribution is -2.29. The van der Waals surface area contributed by atoms with Gasteiger partial charge in [-0.25, -0.2) is 0 Å². The maximum Gasteiger partial charge on any atom is 0.301 e. The number of phenolic OH excluding ortho intramolecular Hbond substituents is 1. The molecule has 0 saturated carbocycles. The normalized spacial score (nSPS) is 16.8. The number of aromatic hydroxyl groups is 1. The zero-order valence-electron chi connectivity index (χ0n) is 20.4. The molecule has 38 heavy (non-hydrogen) atoms. The number of thioether (sulfide) groups is 1. The van der Waals surface area contributed by atoms with Crippen molar-refractivity contribution in [3.8, 4) is 5.75 Å². The number of ketones is 1. The van der Waals surface area contributed by atoms with Crippen molar-refractivity contribution < 1.29 is 19.8 Å². The molecule has 3 aromatic carbocycles. The lowest BCUT2D eigenvalue weighted by atomic mass is 9.93. The van der Waals surface area contributed by atoms with Crippen LogP contribution in [-0.2, 0) is 15.3 Å². The van der Waals surface area contributed by atoms with E-state index in [2.05, 4.69) is 10.2 Å². The summed E-state index contributed by atoms with van der Waals surface area (Å²) in [5.41, 5.74) is 3.42. The summed E-state index contributed by atoms with van der Waals surface area (Å²) in [6, 6.07) is 18.3. The lowest BCUT2D eigenvalue weighted by Gasteiger charge is -2.23. The number of nitrogens with zero attached hydrogens (tertiary/aromatic N) is 3. The molecule has 1 fully saturated rings. The molecule has 1 amide bonds. The van der Waals surface area contributed by atoms with Crippen LogP contribution in [0.3, 0.4) is 0 Å². The molecule has 4 aromatic rings. The summed E-state index contributed by atoms with van der Waals surface area (Å²) >= 11 is 8.84. The van der Waals surface area contributed by atoms with Gasteiger partial charge < -0.3 is 10.2 Å². The van der Waals surface area contributed by atoms with E-state index >= 15 is 0 Å². The second-order valence-electron chi connectivity index (χ2n) is 8.81. The van der Waals surface area contributed by atoms with Crippen LogP contribution in [0.15, 0.2) is 76.6 Å². The summed E-state index contributed by atoms with van der Waals surface area (Å²) in [5, 5.41) is 30.9. The van der Waals surface area contributed by atoms with E-state index in [0.29, 0.717) is 26.2 Å². The number of carbonyl (C=O) groups is 2. The fourth-order valence-electron chi connectivity index (χ4n) is 4.29. The van der Waals surface area contributed by atoms with E-state index in [4.69, 9.17) is 11.6 Å². The van der Waals surface area contributed by atoms with Gasteiger partial charge >= 0.3 is 5.91 Å². The zero-order chi connectivity index (χ0) is 27.0. The number of aliphatic hydroxyl groups excluding tert-OH is 1. The SMILES string of the molecule is Cc1ccc(C)c(C(O)=C2C(=O)C(=O)N(c3nnc(SCc4ccccc4Cl)s3)C2c2cccc(O)c2)c1. The van der Waals surface area contributed by atoms with Crippen molar-refractivity contribution in [1.82, 2.24) is 10.2 Å². The number of rotatable bonds is 6. The van der Waals surface area contributed by atoms with E-state index in [0.717, 1.165) is 28.0 Å². The monoisotopic (exact) mass is 563 g/mol. The van der Waals surface area contributed by atoms with Crippen molar-refractivity contribution in [1.29, 1.82) is 0 Å². The van der Waals surface area contributed by atoms with Crippen molar-refractivity contribution in [2.24, 2.45) is 0 Å². The quantitative estimate of drug-likeness (QED) is 0.0915. The molecule has 1 unspecified atom stereocenters. The Labute approximate surface area is 232 Å². The van der Waals surface area contributed by atoms with Gasteiger partial charge in [0.05, 0.1) is 11.6 Å². The van der Waals surface area contributed by atoms with Gasteiger partial charge in [0, 0.05) is 16.3 Å². The molecular weight excluding hydrogens is 542 g/mol. The standard InChI is InChI=1S/C28H22ClN3O4S2/c1-15-10-11-16(2)20(12-15)24(34)22-23(17-7-5-8-19(33)13-17)32(26(36)25(22)35)27-30-31-28(38-27)37-14-18-6-3-4-9-21(18)29/h3-13,23,33-34H,14H2,1-2H3. The number of aromatic nitrogens is 2. The largest absolute Gasteiger partial charge is 0.508 e. The number of halogens is 1. The Balaban J connectivity index is 1.58. The maximum atomic E-state index is 13.4. The van der Waals surface area contributed by atoms with Crippen LogP contribution in [0.4, 0.5) is 5.13 Å². The Morgan fingerprint density at radius 2 is 1.84 bits per heavy atom. The molecule has 10 heteroatoms. The van der Waals surface area contributed by atoms with Gasteiger partial charge in [-0.05, 0) is 54.8 Å². The van der Waals surface area contributed by atoms with Gasteiger partial charge in [-0.15, -0.1) is 10.2 Å². The molecule has 0 spiro atoms. The summed E-state index contributed by atoms with van der Waals surface area (Å²) in [7, 11) is 0. The molecule has 1 saturated heterocycles. The fourth-order valence-corrected chi connectivity index (χ4v) is 6.44. The Morgan fingerprint density at radius 1 is 1.05 bits per heavy atom. The van der Waals surface area contributed by atoms with Gasteiger partial charge in [0.25, 0.3) is 5.78 Å². The molecular formula is C28H22ClN3O4S2. The van der Waals surface area contributed by atoms with Gasteiger partial charge in [0.2, 0.25) is 5.13 Å². The minimum atomic E-state index is -1.00. The maximum absolute atomic E-state index is 13.4. The molecule has 1 atom stereocenters. The highest BCUT2D eigenvalue weighted by atomic mass is 35.5. The van der Waals surface area contributed by atoms with E-state index < -0.39 is 17.7 Å². The van der Waals surface area contributed by atoms with Crippen molar-refractivity contribution in [2.45, 2.75) is 30.0 Å². The molecule has 0 radical (unpaired) electrons. The van der Waals surface area contributed by atoms with Gasteiger partial charge in [-0.2, -0.15) is 0 Å². The topological polar surface area (TPSA) is 104 Å². The number of carbonyl (C=O) groups excluding carboxylic acids is 2. The highest BCUT2D eigenvalue weighted by Gasteiger charge is 2.48. The van der Waals surface area contributed by atoms with E-state index in [1.807, 2.05) is 50.2 Å². The summed E-state index contributed by atoms with van der Waals surface area (Å²) in [4.78, 5) is 28.0. The third kappa shape index (κ3) is 4.92. The second-order valence-corrected chi connectivity index (χ2v) is 11.4. The van der Waals surface area contributed by atoms with Gasteiger partial charge in [0.1, 0.15) is 11.5 Å². The minimum Gasteiger partial charge on any atom is -0.508 e. The first-order valence-electron chi connectivity index (χ1n) is 11.6. The molecule has 1 aliphatic heterocycles. The summed E-state index contributed by atoms with van der Waals surface area (Å²) in [6.45, 7) is 3.70. The van der Waals surface area contributed by atoms with Crippen molar-refractivity contribution in [2.75, 3.05) is 4.90 Å². The van der Waals surface area contributed by atoms with Crippen LogP contribution >= 0.6 is 34.7 Å². The number of Topliss-reactive ketones (excluding diaryl/α,β-unsaturated/α-hetero) is 1. The lowest BCUT2D eigenvalue weighted by molar-refractivity contribution is -0.132. The number of hydrogen-bond donors (Lipinski definition) is 2. The third-order valence-electron chi connectivity index (χ3n) is 6.19. The first kappa shape index (κ1) is 26.0. The molecule has 7 nitrogen and oxygen atoms in total. The second kappa shape index (κ2) is 10.6. The van der Waals surface area contributed by atoms with Crippen LogP contribution < -0.4 is 4.90 Å². The van der Waals surface area contributed by atoms with Crippen molar-refractivity contribution in [3.63, 3.8) is 0 Å². The molecule has 0 aliphatic carbocycles. The molecule has 2 N–H and O–H groups in total. The molecule has 1 aromatic heterocycles. The molecule has 5 rings (SSSR count). The zero-order valence-corrected chi connectivity index (χ0v) is 22.8. The van der Waals surface area contributed by atoms with Gasteiger partial charge in [-0.3, -0.25) is 14.5 Å². The predicted octanol–water partition coefficient (Wildman–Crippen LogP) is 6.43. The van der Waals surface area contributed by atoms with E-state index in [1.54, 1.807) is 18.2 Å². The summed E-state index contributed by atoms with van der Waals surface area (Å²) in [6.07, 6.45) is 0. The summed E-state index contributed by atoms with van der Waals surface area (Å²) in [5.74, 6) is -1.43. The first-order chi connectivity index (χ1) is 18.2. The van der Waals surface area contributed by atoms with Crippen molar-refractivity contribution >= 4 is 57.3 Å². The van der Waals surface area contributed by atoms with Gasteiger partial charge in [-0.1, -0.05) is 82.7 Å². The van der Waals surface area contributed by atoms with E-state index in [9.17, 15) is 19.8 Å². The number of aliphatic hydroxyl groups is 1. The highest BCUT2D eigenvalue weighted by molar-refractivity contribution is 8.00. The fraction of sp³-hybridized carbons (Fsp3) is 0.143. The molecule has 192 valence electrons. The number of amides is 1. The Bertz CT molecular complexity index is 1600. The van der Waals surface area contributed by atoms with Gasteiger partial charge in [0.15, 0.2) is 4.34 Å². The highest BCUT2D eigenvalue weighted by Crippen LogP contribution is 2.45. The molecule has 0 bridgehead atoms. The number of benzene rings is 3. The van der Waals surface area contributed by atoms with Crippen molar-refractivity contribution in [3.05, 3.63) is 105 Å². The summed E-state index contributed by atoms with van der Waals surface area (Å²) < 4.78 is 0.589. The van der Waals surface area contributed by atoms with E-state index in [1.165, 1.54) is 28.8 Å². The predicted molar refractivity (Wildman–Crippen MR) is 150 cm³/mol. The average molecular weight is 564 g/mol. The van der Waals surface area contributed by atoms with Crippen LogP contribution in [0.1, 0.15) is 33.9 Å². The molecule has 1 aliphatic rings. The number of aryl methyl sites for hydroxylation is 2. The minimum absolute atomic E-state index is 0.0342. The molecule has 2 heterocycles. The number of hydrogen-bond acceptors (Lipinski definition) is 8. The third-order valence-corrected chi connectivity index (χ3v) is 8.66. The van der Waals surface area contributed by atoms with Crippen LogP contribution in [-0.4, -0.2) is 32.1 Å². The van der Waals surface area contributed by atoms with Crippen LogP contribution in [0.2, 0.25) is 5.02 Å². The van der Waals surface area contributed by atoms with E-state index in [-0.39, 0.29) is 22.2 Å². The smallest absolute Gasteiger partial charge is 0.301 e. The first-order valence-corrected chi connectivity index (χ1v) is 13.8. The van der Waals surface area contributed by atoms with Crippen LogP contribution in [0.25, 0.3) is 5.76 Å². The number of anilines is 1. The van der Waals surface area contributed by atoms with Crippen LogP contribution in [0.5, 0.6) is 5.75 Å². The Hall–Kier alpha value is -3.66. The number of phenols is 1. The average Bonchev–Trinajstić information content (AvgIpc) is 3.46. The Morgan fingerprint density at radius 3 is 2.61 bits per heavy atom.